The average Bonchev–Trinajstić information content (AvgIpc) is 2.29. The van der Waals surface area contributed by atoms with E-state index < -0.39 is 0 Å². The molecule has 0 amide bonds. The summed E-state index contributed by atoms with van der Waals surface area (Å²) >= 11 is 0. The summed E-state index contributed by atoms with van der Waals surface area (Å²) in [4.78, 5) is 2.25. The van der Waals surface area contributed by atoms with E-state index in [-0.39, 0.29) is 12.6 Å². The second-order valence-corrected chi connectivity index (χ2v) is 4.59. The smallest absolute Gasteiger partial charge is 0.0635 e. The van der Waals surface area contributed by atoms with E-state index in [1.807, 2.05) is 13.0 Å². The number of anilines is 2. The monoisotopic (exact) mass is 220 g/mol. The van der Waals surface area contributed by atoms with Crippen molar-refractivity contribution in [2.45, 2.75) is 32.2 Å². The van der Waals surface area contributed by atoms with Crippen molar-refractivity contribution in [2.75, 3.05) is 23.8 Å². The van der Waals surface area contributed by atoms with Crippen LogP contribution in [0.25, 0.3) is 0 Å². The number of aliphatic hydroxyl groups excluding tert-OH is 1. The van der Waals surface area contributed by atoms with E-state index >= 15 is 0 Å². The second kappa shape index (κ2) is 4.74. The van der Waals surface area contributed by atoms with Crippen molar-refractivity contribution in [2.24, 2.45) is 0 Å². The van der Waals surface area contributed by atoms with Crippen molar-refractivity contribution in [1.29, 1.82) is 0 Å². The van der Waals surface area contributed by atoms with Gasteiger partial charge in [-0.3, -0.25) is 0 Å². The molecule has 0 radical (unpaired) electrons. The fourth-order valence-electron chi connectivity index (χ4n) is 2.44. The first-order chi connectivity index (χ1) is 7.72. The highest BCUT2D eigenvalue weighted by molar-refractivity contribution is 5.69. The van der Waals surface area contributed by atoms with Crippen molar-refractivity contribution < 1.29 is 5.11 Å². The van der Waals surface area contributed by atoms with Gasteiger partial charge < -0.3 is 15.7 Å². The lowest BCUT2D eigenvalue weighted by Crippen LogP contribution is -2.42. The lowest BCUT2D eigenvalue weighted by Gasteiger charge is -2.37. The van der Waals surface area contributed by atoms with E-state index in [1.54, 1.807) is 0 Å². The molecule has 0 aromatic heterocycles. The van der Waals surface area contributed by atoms with E-state index in [9.17, 15) is 5.11 Å². The molecule has 16 heavy (non-hydrogen) atoms. The van der Waals surface area contributed by atoms with Gasteiger partial charge in [0.2, 0.25) is 0 Å². The number of piperidine rings is 1. The molecule has 0 saturated carbocycles. The molecule has 1 atom stereocenters. The van der Waals surface area contributed by atoms with Gasteiger partial charge >= 0.3 is 0 Å². The highest BCUT2D eigenvalue weighted by Crippen LogP contribution is 2.30. The molecule has 0 spiro atoms. The molecule has 1 fully saturated rings. The van der Waals surface area contributed by atoms with Crippen LogP contribution in [-0.4, -0.2) is 24.3 Å². The topological polar surface area (TPSA) is 49.5 Å². The van der Waals surface area contributed by atoms with Crippen LogP contribution in [0.4, 0.5) is 11.4 Å². The van der Waals surface area contributed by atoms with Gasteiger partial charge in [0.15, 0.2) is 0 Å². The molecule has 88 valence electrons. The van der Waals surface area contributed by atoms with E-state index in [1.165, 1.54) is 18.4 Å². The SMILES string of the molecule is Cc1ccc(N2CCCCC2CO)c(N)c1. The third kappa shape index (κ3) is 2.14. The zero-order chi connectivity index (χ0) is 11.5. The lowest BCUT2D eigenvalue weighted by atomic mass is 10.0. The molecule has 2 rings (SSSR count). The van der Waals surface area contributed by atoms with Crippen molar-refractivity contribution in [3.05, 3.63) is 23.8 Å². The fourth-order valence-corrected chi connectivity index (χ4v) is 2.44. The Hall–Kier alpha value is -1.22. The van der Waals surface area contributed by atoms with Crippen molar-refractivity contribution in [3.63, 3.8) is 0 Å². The molecule has 0 bridgehead atoms. The van der Waals surface area contributed by atoms with Gasteiger partial charge in [0.1, 0.15) is 0 Å². The standard InChI is InChI=1S/C13H20N2O/c1-10-5-6-13(12(14)8-10)15-7-3-2-4-11(15)9-16/h5-6,8,11,16H,2-4,7,9,14H2,1H3. The van der Waals surface area contributed by atoms with Gasteiger partial charge in [-0.15, -0.1) is 0 Å². The fraction of sp³-hybridized carbons (Fsp3) is 0.538. The summed E-state index contributed by atoms with van der Waals surface area (Å²) in [5.41, 5.74) is 9.12. The molecule has 1 saturated heterocycles. The summed E-state index contributed by atoms with van der Waals surface area (Å²) in [6, 6.07) is 6.38. The Labute approximate surface area is 96.9 Å². The lowest BCUT2D eigenvalue weighted by molar-refractivity contribution is 0.240. The first-order valence-electron chi connectivity index (χ1n) is 5.96. The largest absolute Gasteiger partial charge is 0.397 e. The van der Waals surface area contributed by atoms with Crippen LogP contribution in [0.5, 0.6) is 0 Å². The molecule has 1 aliphatic heterocycles. The van der Waals surface area contributed by atoms with Crippen molar-refractivity contribution in [1.82, 2.24) is 0 Å². The van der Waals surface area contributed by atoms with Gasteiger partial charge in [0, 0.05) is 6.54 Å². The van der Waals surface area contributed by atoms with E-state index in [0.29, 0.717) is 0 Å². The number of nitrogens with zero attached hydrogens (tertiary/aromatic N) is 1. The highest BCUT2D eigenvalue weighted by Gasteiger charge is 2.23. The maximum Gasteiger partial charge on any atom is 0.0635 e. The van der Waals surface area contributed by atoms with Gasteiger partial charge in [0.25, 0.3) is 0 Å². The number of hydrogen-bond acceptors (Lipinski definition) is 3. The Bertz CT molecular complexity index is 365. The molecule has 1 aromatic carbocycles. The van der Waals surface area contributed by atoms with Crippen LogP contribution in [0, 0.1) is 6.92 Å². The highest BCUT2D eigenvalue weighted by atomic mass is 16.3. The number of rotatable bonds is 2. The quantitative estimate of drug-likeness (QED) is 0.749. The van der Waals surface area contributed by atoms with Gasteiger partial charge in [-0.2, -0.15) is 0 Å². The van der Waals surface area contributed by atoms with E-state index in [2.05, 4.69) is 17.0 Å². The van der Waals surface area contributed by atoms with Crippen LogP contribution >= 0.6 is 0 Å². The first-order valence-corrected chi connectivity index (χ1v) is 5.96. The Morgan fingerprint density at radius 1 is 1.44 bits per heavy atom. The predicted octanol–water partition coefficient (Wildman–Crippen LogP) is 1.93. The maximum atomic E-state index is 9.39. The molecule has 1 heterocycles. The number of aryl methyl sites for hydroxylation is 1. The molecule has 1 aromatic rings. The number of aliphatic hydroxyl groups is 1. The van der Waals surface area contributed by atoms with Crippen LogP contribution in [0.1, 0.15) is 24.8 Å². The van der Waals surface area contributed by atoms with Crippen LogP contribution in [-0.2, 0) is 0 Å². The van der Waals surface area contributed by atoms with Gasteiger partial charge in [-0.25, -0.2) is 0 Å². The first kappa shape index (κ1) is 11.3. The minimum Gasteiger partial charge on any atom is -0.397 e. The molecule has 3 N–H and O–H groups in total. The summed E-state index contributed by atoms with van der Waals surface area (Å²) in [6.45, 7) is 3.26. The molecule has 1 aliphatic rings. The Morgan fingerprint density at radius 2 is 2.25 bits per heavy atom. The van der Waals surface area contributed by atoms with E-state index in [0.717, 1.165) is 24.3 Å². The summed E-state index contributed by atoms with van der Waals surface area (Å²) in [6.07, 6.45) is 3.45. The minimum absolute atomic E-state index is 0.216. The Balaban J connectivity index is 2.27. The molecular formula is C13H20N2O. The number of nitrogens with two attached hydrogens (primary N) is 1. The number of hydrogen-bond donors (Lipinski definition) is 2. The summed E-state index contributed by atoms with van der Waals surface area (Å²) in [7, 11) is 0. The number of nitrogen functional groups attached to an aromatic ring is 1. The minimum atomic E-state index is 0.216. The molecule has 3 heteroatoms. The van der Waals surface area contributed by atoms with Crippen molar-refractivity contribution >= 4 is 11.4 Å². The zero-order valence-corrected chi connectivity index (χ0v) is 9.82. The van der Waals surface area contributed by atoms with Gasteiger partial charge in [-0.05, 0) is 43.9 Å². The van der Waals surface area contributed by atoms with Crippen LogP contribution < -0.4 is 10.6 Å². The van der Waals surface area contributed by atoms with Crippen LogP contribution in [0.15, 0.2) is 18.2 Å². The Kier molecular flexibility index (Phi) is 3.34. The average molecular weight is 220 g/mol. The van der Waals surface area contributed by atoms with Gasteiger partial charge in [-0.1, -0.05) is 6.07 Å². The summed E-state index contributed by atoms with van der Waals surface area (Å²) in [5, 5.41) is 9.39. The zero-order valence-electron chi connectivity index (χ0n) is 9.82. The molecule has 0 aliphatic carbocycles. The van der Waals surface area contributed by atoms with Gasteiger partial charge in [0.05, 0.1) is 24.0 Å². The Morgan fingerprint density at radius 3 is 2.94 bits per heavy atom. The third-order valence-electron chi connectivity index (χ3n) is 3.33. The second-order valence-electron chi connectivity index (χ2n) is 4.59. The number of benzene rings is 1. The molecule has 1 unspecified atom stereocenters. The van der Waals surface area contributed by atoms with Crippen LogP contribution in [0.2, 0.25) is 0 Å². The summed E-state index contributed by atoms with van der Waals surface area (Å²) in [5.74, 6) is 0. The van der Waals surface area contributed by atoms with Crippen LogP contribution in [0.3, 0.4) is 0 Å². The predicted molar refractivity (Wildman–Crippen MR) is 67.7 cm³/mol. The normalized spacial score (nSPS) is 21.1. The third-order valence-corrected chi connectivity index (χ3v) is 3.33. The molecule has 3 nitrogen and oxygen atoms in total. The van der Waals surface area contributed by atoms with Crippen molar-refractivity contribution in [3.8, 4) is 0 Å². The molecular weight excluding hydrogens is 200 g/mol. The van der Waals surface area contributed by atoms with E-state index in [4.69, 9.17) is 5.73 Å². The maximum absolute atomic E-state index is 9.39. The summed E-state index contributed by atoms with van der Waals surface area (Å²) < 4.78 is 0.